The number of hydrogen-bond acceptors (Lipinski definition) is 5. The maximum absolute atomic E-state index is 13.2. The van der Waals surface area contributed by atoms with Crippen LogP contribution in [-0.4, -0.2) is 37.5 Å². The van der Waals surface area contributed by atoms with E-state index in [-0.39, 0.29) is 17.2 Å². The van der Waals surface area contributed by atoms with E-state index in [9.17, 15) is 23.2 Å². The third-order valence-corrected chi connectivity index (χ3v) is 4.11. The zero-order valence-electron chi connectivity index (χ0n) is 16.7. The van der Waals surface area contributed by atoms with E-state index < -0.39 is 42.1 Å². The highest BCUT2D eigenvalue weighted by Gasteiger charge is 2.27. The van der Waals surface area contributed by atoms with Gasteiger partial charge in [-0.25, -0.2) is 13.6 Å². The van der Waals surface area contributed by atoms with Gasteiger partial charge in [0.05, 0.1) is 12.7 Å². The zero-order chi connectivity index (χ0) is 22.3. The van der Waals surface area contributed by atoms with E-state index in [4.69, 9.17) is 9.47 Å². The van der Waals surface area contributed by atoms with Crippen molar-refractivity contribution in [1.82, 2.24) is 5.32 Å². The second kappa shape index (κ2) is 10.3. The number of carbonyl (C=O) groups excluding carboxylic acids is 3. The van der Waals surface area contributed by atoms with Gasteiger partial charge in [0.25, 0.3) is 11.8 Å². The first kappa shape index (κ1) is 22.8. The molecule has 0 saturated carbocycles. The van der Waals surface area contributed by atoms with Gasteiger partial charge >= 0.3 is 5.97 Å². The molecule has 0 spiro atoms. The maximum Gasteiger partial charge on any atom is 0.329 e. The van der Waals surface area contributed by atoms with E-state index in [1.165, 1.54) is 13.2 Å². The molecule has 2 aromatic carbocycles. The average molecular weight is 420 g/mol. The second-order valence-corrected chi connectivity index (χ2v) is 6.68. The molecule has 2 rings (SSSR count). The molecule has 2 amide bonds. The van der Waals surface area contributed by atoms with E-state index in [0.717, 1.165) is 12.1 Å². The summed E-state index contributed by atoms with van der Waals surface area (Å²) < 4.78 is 36.2. The van der Waals surface area contributed by atoms with Crippen LogP contribution in [0.1, 0.15) is 24.2 Å². The van der Waals surface area contributed by atoms with Gasteiger partial charge in [0.2, 0.25) is 0 Å². The monoisotopic (exact) mass is 420 g/mol. The Kier molecular flexibility index (Phi) is 7.85. The van der Waals surface area contributed by atoms with Gasteiger partial charge in [-0.3, -0.25) is 9.59 Å². The number of halogens is 2. The quantitative estimate of drug-likeness (QED) is 0.641. The number of anilines is 1. The van der Waals surface area contributed by atoms with Crippen LogP contribution in [0, 0.1) is 17.6 Å². The van der Waals surface area contributed by atoms with Crippen molar-refractivity contribution in [1.29, 1.82) is 0 Å². The van der Waals surface area contributed by atoms with Crippen LogP contribution in [0.4, 0.5) is 14.5 Å². The molecule has 1 atom stereocenters. The Hall–Kier alpha value is -3.49. The third kappa shape index (κ3) is 6.00. The van der Waals surface area contributed by atoms with Gasteiger partial charge in [-0.1, -0.05) is 26.0 Å². The number of nitrogens with one attached hydrogen (secondary N) is 2. The highest BCUT2D eigenvalue weighted by atomic mass is 19.2. The van der Waals surface area contributed by atoms with Crippen molar-refractivity contribution < 1.29 is 32.6 Å². The topological polar surface area (TPSA) is 93.7 Å². The molecule has 7 nitrogen and oxygen atoms in total. The molecule has 2 N–H and O–H groups in total. The summed E-state index contributed by atoms with van der Waals surface area (Å²) in [6.45, 7) is 2.75. The maximum atomic E-state index is 13.2. The van der Waals surface area contributed by atoms with Crippen LogP contribution in [0.3, 0.4) is 0 Å². The molecule has 0 heterocycles. The molecule has 2 aromatic rings. The van der Waals surface area contributed by atoms with Gasteiger partial charge < -0.3 is 20.1 Å². The number of para-hydroxylation sites is 1. The van der Waals surface area contributed by atoms with Crippen LogP contribution in [0.2, 0.25) is 0 Å². The number of carbonyl (C=O) groups is 3. The Bertz CT molecular complexity index is 933. The van der Waals surface area contributed by atoms with Crippen LogP contribution in [0.25, 0.3) is 0 Å². The lowest BCUT2D eigenvalue weighted by atomic mass is 10.0. The Morgan fingerprint density at radius 1 is 1.03 bits per heavy atom. The van der Waals surface area contributed by atoms with E-state index in [1.807, 2.05) is 0 Å². The minimum Gasteiger partial charge on any atom is -0.496 e. The number of ether oxygens (including phenoxy) is 2. The summed E-state index contributed by atoms with van der Waals surface area (Å²) in [5.74, 6) is -4.24. The normalized spacial score (nSPS) is 11.5. The van der Waals surface area contributed by atoms with Crippen LogP contribution in [-0.2, 0) is 14.3 Å². The van der Waals surface area contributed by atoms with Crippen molar-refractivity contribution in [3.8, 4) is 5.75 Å². The number of amides is 2. The summed E-state index contributed by atoms with van der Waals surface area (Å²) in [6.07, 6.45) is 0. The Balaban J connectivity index is 1.97. The minimum atomic E-state index is -1.12. The van der Waals surface area contributed by atoms with Crippen molar-refractivity contribution in [2.75, 3.05) is 19.0 Å². The fourth-order valence-corrected chi connectivity index (χ4v) is 2.55. The first-order valence-electron chi connectivity index (χ1n) is 9.08. The lowest BCUT2D eigenvalue weighted by Crippen LogP contribution is -2.46. The Labute approximate surface area is 172 Å². The SMILES string of the molecule is COc1ccccc1C(=O)N[C@H](C(=O)OCC(=O)Nc1ccc(F)c(F)c1)C(C)C. The summed E-state index contributed by atoms with van der Waals surface area (Å²) in [5.41, 5.74) is 0.259. The lowest BCUT2D eigenvalue weighted by Gasteiger charge is -2.21. The summed E-state index contributed by atoms with van der Waals surface area (Å²) in [4.78, 5) is 36.9. The van der Waals surface area contributed by atoms with E-state index in [2.05, 4.69) is 10.6 Å². The van der Waals surface area contributed by atoms with Gasteiger partial charge in [0, 0.05) is 11.8 Å². The van der Waals surface area contributed by atoms with Crippen molar-refractivity contribution in [2.45, 2.75) is 19.9 Å². The first-order chi connectivity index (χ1) is 14.2. The molecule has 160 valence electrons. The van der Waals surface area contributed by atoms with Gasteiger partial charge in [-0.05, 0) is 30.2 Å². The predicted molar refractivity (Wildman–Crippen MR) is 105 cm³/mol. The second-order valence-electron chi connectivity index (χ2n) is 6.68. The number of hydrogen-bond donors (Lipinski definition) is 2. The Morgan fingerprint density at radius 2 is 1.73 bits per heavy atom. The third-order valence-electron chi connectivity index (χ3n) is 4.11. The number of rotatable bonds is 8. The summed E-state index contributed by atoms with van der Waals surface area (Å²) in [7, 11) is 1.42. The van der Waals surface area contributed by atoms with Gasteiger partial charge in [0.1, 0.15) is 11.8 Å². The standard InChI is InChI=1S/C21H22F2N2O5/c1-12(2)19(25-20(27)14-6-4-5-7-17(14)29-3)21(28)30-11-18(26)24-13-8-9-15(22)16(23)10-13/h4-10,12,19H,11H2,1-3H3,(H,24,26)(H,25,27)/t19-/m0/s1. The fourth-order valence-electron chi connectivity index (χ4n) is 2.55. The molecule has 0 saturated heterocycles. The molecular weight excluding hydrogens is 398 g/mol. The van der Waals surface area contributed by atoms with E-state index in [1.54, 1.807) is 38.1 Å². The largest absolute Gasteiger partial charge is 0.496 e. The first-order valence-corrected chi connectivity index (χ1v) is 9.08. The van der Waals surface area contributed by atoms with Gasteiger partial charge in [-0.15, -0.1) is 0 Å². The van der Waals surface area contributed by atoms with Gasteiger partial charge in [-0.2, -0.15) is 0 Å². The molecule has 0 radical (unpaired) electrons. The van der Waals surface area contributed by atoms with Gasteiger partial charge in [0.15, 0.2) is 18.2 Å². The van der Waals surface area contributed by atoms with Crippen molar-refractivity contribution in [3.05, 3.63) is 59.7 Å². The summed E-state index contributed by atoms with van der Waals surface area (Å²) >= 11 is 0. The fraction of sp³-hybridized carbons (Fsp3) is 0.286. The molecule has 0 aliphatic rings. The van der Waals surface area contributed by atoms with Crippen LogP contribution >= 0.6 is 0 Å². The highest BCUT2D eigenvalue weighted by Crippen LogP contribution is 2.18. The predicted octanol–water partition coefficient (Wildman–Crippen LogP) is 2.91. The summed E-state index contributed by atoms with van der Waals surface area (Å²) in [5, 5.41) is 4.87. The summed E-state index contributed by atoms with van der Waals surface area (Å²) in [6, 6.07) is 8.34. The Morgan fingerprint density at radius 3 is 2.37 bits per heavy atom. The van der Waals surface area contributed by atoms with Crippen LogP contribution in [0.15, 0.2) is 42.5 Å². The lowest BCUT2D eigenvalue weighted by molar-refractivity contribution is -0.150. The molecule has 30 heavy (non-hydrogen) atoms. The van der Waals surface area contributed by atoms with Crippen LogP contribution in [0.5, 0.6) is 5.75 Å². The number of esters is 1. The molecule has 0 aliphatic heterocycles. The van der Waals surface area contributed by atoms with Crippen molar-refractivity contribution in [3.63, 3.8) is 0 Å². The molecule has 0 fully saturated rings. The molecule has 0 aromatic heterocycles. The molecule has 0 bridgehead atoms. The van der Waals surface area contributed by atoms with Crippen LogP contribution < -0.4 is 15.4 Å². The average Bonchev–Trinajstić information content (AvgIpc) is 2.72. The molecular formula is C21H22F2N2O5. The zero-order valence-corrected chi connectivity index (χ0v) is 16.7. The molecule has 0 unspecified atom stereocenters. The van der Waals surface area contributed by atoms with E-state index in [0.29, 0.717) is 5.75 Å². The highest BCUT2D eigenvalue weighted by molar-refractivity contribution is 5.99. The molecule has 9 heteroatoms. The number of benzene rings is 2. The molecule has 0 aliphatic carbocycles. The number of methoxy groups -OCH3 is 1. The van der Waals surface area contributed by atoms with E-state index >= 15 is 0 Å². The van der Waals surface area contributed by atoms with Crippen molar-refractivity contribution >= 4 is 23.5 Å². The van der Waals surface area contributed by atoms with Crippen molar-refractivity contribution in [2.24, 2.45) is 5.92 Å². The smallest absolute Gasteiger partial charge is 0.329 e. The minimum absolute atomic E-state index is 0.0137.